The van der Waals surface area contributed by atoms with E-state index in [0.717, 1.165) is 29.2 Å². The predicted octanol–water partition coefficient (Wildman–Crippen LogP) is 5.57. The number of hydrogen-bond donors (Lipinski definition) is 1. The van der Waals surface area contributed by atoms with Gasteiger partial charge in [-0.1, -0.05) is 56.4 Å². The maximum atomic E-state index is 10.6. The van der Waals surface area contributed by atoms with Gasteiger partial charge in [0, 0.05) is 11.8 Å². The third-order valence-corrected chi connectivity index (χ3v) is 4.70. The average molecular weight is 307 g/mol. The Balaban J connectivity index is 1.81. The summed E-state index contributed by atoms with van der Waals surface area (Å²) in [6.07, 6.45) is 9.38. The van der Waals surface area contributed by atoms with Gasteiger partial charge in [0.15, 0.2) is 0 Å². The highest BCUT2D eigenvalue weighted by Gasteiger charge is 2.17. The number of phenols is 1. The first-order chi connectivity index (χ1) is 11.2. The SMILES string of the molecule is Cc1cc(C=Nc2ccccc2)c(O)c(CC2CCCCC2)c1. The lowest BCUT2D eigenvalue weighted by molar-refractivity contribution is 0.351. The first-order valence-electron chi connectivity index (χ1n) is 8.64. The average Bonchev–Trinajstić information content (AvgIpc) is 2.58. The molecule has 23 heavy (non-hydrogen) atoms. The van der Waals surface area contributed by atoms with E-state index in [2.05, 4.69) is 18.0 Å². The summed E-state index contributed by atoms with van der Waals surface area (Å²) in [6.45, 7) is 2.09. The molecule has 0 saturated heterocycles. The van der Waals surface area contributed by atoms with E-state index >= 15 is 0 Å². The summed E-state index contributed by atoms with van der Waals surface area (Å²) in [5, 5.41) is 10.6. The number of aliphatic imine (C=N–C) groups is 1. The molecule has 3 rings (SSSR count). The van der Waals surface area contributed by atoms with Crippen molar-refractivity contribution in [3.8, 4) is 5.75 Å². The highest BCUT2D eigenvalue weighted by atomic mass is 16.3. The molecule has 0 amide bonds. The highest BCUT2D eigenvalue weighted by molar-refractivity contribution is 5.86. The number of aryl methyl sites for hydroxylation is 1. The smallest absolute Gasteiger partial charge is 0.127 e. The Morgan fingerprint density at radius 2 is 1.83 bits per heavy atom. The fourth-order valence-corrected chi connectivity index (χ4v) is 3.50. The maximum absolute atomic E-state index is 10.6. The molecule has 1 aliphatic carbocycles. The van der Waals surface area contributed by atoms with Crippen LogP contribution in [-0.2, 0) is 6.42 Å². The zero-order chi connectivity index (χ0) is 16.1. The van der Waals surface area contributed by atoms with E-state index in [4.69, 9.17) is 0 Å². The zero-order valence-electron chi connectivity index (χ0n) is 13.8. The topological polar surface area (TPSA) is 32.6 Å². The molecule has 1 saturated carbocycles. The van der Waals surface area contributed by atoms with Gasteiger partial charge >= 0.3 is 0 Å². The summed E-state index contributed by atoms with van der Waals surface area (Å²) < 4.78 is 0. The van der Waals surface area contributed by atoms with Crippen LogP contribution in [0, 0.1) is 12.8 Å². The van der Waals surface area contributed by atoms with Crippen LogP contribution >= 0.6 is 0 Å². The van der Waals surface area contributed by atoms with Crippen LogP contribution in [0.3, 0.4) is 0 Å². The van der Waals surface area contributed by atoms with Crippen LogP contribution in [0.4, 0.5) is 5.69 Å². The summed E-state index contributed by atoms with van der Waals surface area (Å²) in [5.41, 5.74) is 3.98. The van der Waals surface area contributed by atoms with Crippen LogP contribution in [0.15, 0.2) is 47.5 Å². The van der Waals surface area contributed by atoms with E-state index in [1.54, 1.807) is 6.21 Å². The zero-order valence-corrected chi connectivity index (χ0v) is 13.8. The third-order valence-electron chi connectivity index (χ3n) is 4.70. The van der Waals surface area contributed by atoms with Crippen LogP contribution in [0.1, 0.15) is 48.8 Å². The Morgan fingerprint density at radius 3 is 2.57 bits per heavy atom. The number of rotatable bonds is 4. The Bertz CT molecular complexity index is 670. The van der Waals surface area contributed by atoms with E-state index < -0.39 is 0 Å². The Labute approximate surface area is 138 Å². The number of benzene rings is 2. The Kier molecular flexibility index (Phi) is 5.12. The van der Waals surface area contributed by atoms with Gasteiger partial charge in [0.25, 0.3) is 0 Å². The van der Waals surface area contributed by atoms with Crippen molar-refractivity contribution in [1.29, 1.82) is 0 Å². The van der Waals surface area contributed by atoms with Crippen LogP contribution in [0.2, 0.25) is 0 Å². The maximum Gasteiger partial charge on any atom is 0.127 e. The lowest BCUT2D eigenvalue weighted by atomic mass is 9.84. The highest BCUT2D eigenvalue weighted by Crippen LogP contribution is 2.32. The molecular weight excluding hydrogens is 282 g/mol. The molecule has 120 valence electrons. The molecule has 2 aromatic carbocycles. The van der Waals surface area contributed by atoms with Gasteiger partial charge in [-0.2, -0.15) is 0 Å². The molecule has 0 heterocycles. The molecule has 0 radical (unpaired) electrons. The Hall–Kier alpha value is -2.09. The molecule has 2 heteroatoms. The molecule has 0 aliphatic heterocycles. The van der Waals surface area contributed by atoms with Crippen LogP contribution in [0.25, 0.3) is 0 Å². The van der Waals surface area contributed by atoms with Gasteiger partial charge < -0.3 is 5.11 Å². The normalized spacial score (nSPS) is 16.0. The van der Waals surface area contributed by atoms with Crippen molar-refractivity contribution in [3.63, 3.8) is 0 Å². The Morgan fingerprint density at radius 1 is 1.09 bits per heavy atom. The standard InChI is InChI=1S/C21H25NO/c1-16-12-18(14-17-8-4-2-5-9-17)21(23)19(13-16)15-22-20-10-6-3-7-11-20/h3,6-7,10-13,15,17,23H,2,4-5,8-9,14H2,1H3. The van der Waals surface area contributed by atoms with Crippen molar-refractivity contribution in [2.45, 2.75) is 45.4 Å². The van der Waals surface area contributed by atoms with Crippen LogP contribution < -0.4 is 0 Å². The number of nitrogens with zero attached hydrogens (tertiary/aromatic N) is 1. The molecule has 1 fully saturated rings. The van der Waals surface area contributed by atoms with E-state index in [9.17, 15) is 5.11 Å². The van der Waals surface area contributed by atoms with Gasteiger partial charge in [-0.25, -0.2) is 0 Å². The van der Waals surface area contributed by atoms with Crippen molar-refractivity contribution < 1.29 is 5.11 Å². The monoisotopic (exact) mass is 307 g/mol. The number of aromatic hydroxyl groups is 1. The minimum atomic E-state index is 0.404. The fourth-order valence-electron chi connectivity index (χ4n) is 3.50. The molecule has 0 aromatic heterocycles. The first kappa shape index (κ1) is 15.8. The van der Waals surface area contributed by atoms with Gasteiger partial charge in [0.1, 0.15) is 5.75 Å². The third kappa shape index (κ3) is 4.22. The van der Waals surface area contributed by atoms with Gasteiger partial charge in [0.2, 0.25) is 0 Å². The molecular formula is C21H25NO. The van der Waals surface area contributed by atoms with Gasteiger partial charge in [-0.3, -0.25) is 4.99 Å². The first-order valence-corrected chi connectivity index (χ1v) is 8.64. The molecule has 1 N–H and O–H groups in total. The van der Waals surface area contributed by atoms with E-state index in [0.29, 0.717) is 5.75 Å². The van der Waals surface area contributed by atoms with E-state index in [1.807, 2.05) is 36.4 Å². The number of hydrogen-bond acceptors (Lipinski definition) is 2. The minimum absolute atomic E-state index is 0.404. The quantitative estimate of drug-likeness (QED) is 0.735. The largest absolute Gasteiger partial charge is 0.507 e. The summed E-state index contributed by atoms with van der Waals surface area (Å²) >= 11 is 0. The molecule has 2 nitrogen and oxygen atoms in total. The summed E-state index contributed by atoms with van der Waals surface area (Å²) in [6, 6.07) is 14.0. The number of phenolic OH excluding ortho intramolecular Hbond substituents is 1. The summed E-state index contributed by atoms with van der Waals surface area (Å²) in [5.74, 6) is 1.12. The predicted molar refractivity (Wildman–Crippen MR) is 96.8 cm³/mol. The second-order valence-corrected chi connectivity index (χ2v) is 6.66. The second-order valence-electron chi connectivity index (χ2n) is 6.66. The van der Waals surface area contributed by atoms with E-state index in [-0.39, 0.29) is 0 Å². The number of para-hydroxylation sites is 1. The minimum Gasteiger partial charge on any atom is -0.507 e. The molecule has 0 bridgehead atoms. The fraction of sp³-hybridized carbons (Fsp3) is 0.381. The molecule has 0 atom stereocenters. The molecule has 0 spiro atoms. The van der Waals surface area contributed by atoms with Gasteiger partial charge in [0.05, 0.1) is 5.69 Å². The molecule has 0 unspecified atom stereocenters. The summed E-state index contributed by atoms with van der Waals surface area (Å²) in [4.78, 5) is 4.48. The summed E-state index contributed by atoms with van der Waals surface area (Å²) in [7, 11) is 0. The second kappa shape index (κ2) is 7.45. The van der Waals surface area contributed by atoms with Gasteiger partial charge in [-0.05, 0) is 48.6 Å². The van der Waals surface area contributed by atoms with Crippen LogP contribution in [0.5, 0.6) is 5.75 Å². The van der Waals surface area contributed by atoms with E-state index in [1.165, 1.54) is 37.7 Å². The molecule has 1 aliphatic rings. The van der Waals surface area contributed by atoms with Crippen LogP contribution in [-0.4, -0.2) is 11.3 Å². The van der Waals surface area contributed by atoms with Gasteiger partial charge in [-0.15, -0.1) is 0 Å². The molecule has 2 aromatic rings. The van der Waals surface area contributed by atoms with Crippen molar-refractivity contribution >= 4 is 11.9 Å². The lowest BCUT2D eigenvalue weighted by Crippen LogP contribution is -2.09. The van der Waals surface area contributed by atoms with Crippen molar-refractivity contribution in [2.75, 3.05) is 0 Å². The lowest BCUT2D eigenvalue weighted by Gasteiger charge is -2.22. The van der Waals surface area contributed by atoms with Crippen molar-refractivity contribution in [2.24, 2.45) is 10.9 Å². The van der Waals surface area contributed by atoms with Crippen molar-refractivity contribution in [1.82, 2.24) is 0 Å². The van der Waals surface area contributed by atoms with Crippen molar-refractivity contribution in [3.05, 3.63) is 59.2 Å².